The van der Waals surface area contributed by atoms with Crippen LogP contribution < -0.4 is 4.74 Å². The lowest BCUT2D eigenvalue weighted by molar-refractivity contribution is 0.0696. The third-order valence-electron chi connectivity index (χ3n) is 2.35. The van der Waals surface area contributed by atoms with Crippen molar-refractivity contribution in [2.24, 2.45) is 0 Å². The molecule has 0 unspecified atom stereocenters. The van der Waals surface area contributed by atoms with Crippen molar-refractivity contribution in [3.05, 3.63) is 42.7 Å². The molecule has 2 rings (SSSR count). The van der Waals surface area contributed by atoms with E-state index in [2.05, 4.69) is 9.97 Å². The van der Waals surface area contributed by atoms with Crippen molar-refractivity contribution in [2.75, 3.05) is 6.61 Å². The van der Waals surface area contributed by atoms with Gasteiger partial charge in [0.2, 0.25) is 0 Å². The summed E-state index contributed by atoms with van der Waals surface area (Å²) in [6.07, 6.45) is 8.96. The van der Waals surface area contributed by atoms with Crippen molar-refractivity contribution >= 4 is 5.97 Å². The van der Waals surface area contributed by atoms with Gasteiger partial charge in [0.15, 0.2) is 0 Å². The second kappa shape index (κ2) is 5.81. The largest absolute Gasteiger partial charge is 0.492 e. The Morgan fingerprint density at radius 1 is 1.39 bits per heavy atom. The molecule has 0 radical (unpaired) electrons. The molecule has 2 aromatic rings. The fourth-order valence-corrected chi connectivity index (χ4v) is 1.47. The number of rotatable bonds is 6. The van der Waals surface area contributed by atoms with Crippen molar-refractivity contribution in [3.63, 3.8) is 0 Å². The fourth-order valence-electron chi connectivity index (χ4n) is 1.47. The summed E-state index contributed by atoms with van der Waals surface area (Å²) in [5.41, 5.74) is 0.127. The molecule has 2 heterocycles. The maximum absolute atomic E-state index is 10.7. The van der Waals surface area contributed by atoms with E-state index in [-0.39, 0.29) is 5.56 Å². The number of hydrogen-bond acceptors (Lipinski definition) is 4. The van der Waals surface area contributed by atoms with Crippen LogP contribution in [0.25, 0.3) is 0 Å². The minimum absolute atomic E-state index is 0.127. The molecule has 0 saturated heterocycles. The van der Waals surface area contributed by atoms with E-state index in [1.54, 1.807) is 12.5 Å². The molecule has 94 valence electrons. The van der Waals surface area contributed by atoms with Crippen molar-refractivity contribution in [3.8, 4) is 5.75 Å². The number of imidazole rings is 1. The van der Waals surface area contributed by atoms with Gasteiger partial charge in [0.05, 0.1) is 24.7 Å². The van der Waals surface area contributed by atoms with Gasteiger partial charge in [0.25, 0.3) is 0 Å². The first kappa shape index (κ1) is 12.1. The number of carboxylic acid groups (broad SMARTS) is 1. The minimum atomic E-state index is -1.01. The van der Waals surface area contributed by atoms with Gasteiger partial charge in [-0.2, -0.15) is 0 Å². The molecule has 1 N–H and O–H groups in total. The highest BCUT2D eigenvalue weighted by Crippen LogP contribution is 2.11. The van der Waals surface area contributed by atoms with E-state index in [1.165, 1.54) is 18.5 Å². The predicted molar refractivity (Wildman–Crippen MR) is 63.5 cm³/mol. The Bertz CT molecular complexity index is 511. The summed E-state index contributed by atoms with van der Waals surface area (Å²) in [5.74, 6) is -0.535. The van der Waals surface area contributed by atoms with Gasteiger partial charge < -0.3 is 14.4 Å². The number of carbonyl (C=O) groups is 1. The lowest BCUT2D eigenvalue weighted by Crippen LogP contribution is -2.04. The van der Waals surface area contributed by atoms with Gasteiger partial charge in [-0.15, -0.1) is 0 Å². The van der Waals surface area contributed by atoms with Gasteiger partial charge in [-0.05, 0) is 12.5 Å². The van der Waals surface area contributed by atoms with Gasteiger partial charge in [0.1, 0.15) is 5.75 Å². The smallest absolute Gasteiger partial charge is 0.337 e. The van der Waals surface area contributed by atoms with Crippen LogP contribution in [0.5, 0.6) is 5.75 Å². The maximum Gasteiger partial charge on any atom is 0.337 e. The van der Waals surface area contributed by atoms with Gasteiger partial charge in [-0.1, -0.05) is 0 Å². The van der Waals surface area contributed by atoms with E-state index in [4.69, 9.17) is 9.84 Å². The molecule has 0 aliphatic heterocycles. The van der Waals surface area contributed by atoms with Gasteiger partial charge in [-0.3, -0.25) is 4.98 Å². The number of pyridine rings is 1. The van der Waals surface area contributed by atoms with E-state index in [1.807, 2.05) is 10.8 Å². The Kier molecular flexibility index (Phi) is 3.90. The Balaban J connectivity index is 1.79. The molecule has 0 amide bonds. The number of nitrogens with zero attached hydrogens (tertiary/aromatic N) is 3. The highest BCUT2D eigenvalue weighted by Gasteiger charge is 2.04. The summed E-state index contributed by atoms with van der Waals surface area (Å²) >= 11 is 0. The Labute approximate surface area is 104 Å². The molecule has 0 aliphatic carbocycles. The minimum Gasteiger partial charge on any atom is -0.492 e. The molecule has 0 aliphatic rings. The van der Waals surface area contributed by atoms with Crippen LogP contribution in [0.4, 0.5) is 0 Å². The zero-order chi connectivity index (χ0) is 12.8. The molecule has 0 saturated carbocycles. The number of ether oxygens (including phenoxy) is 1. The monoisotopic (exact) mass is 247 g/mol. The summed E-state index contributed by atoms with van der Waals surface area (Å²) in [6, 6.07) is 1.46. The third-order valence-corrected chi connectivity index (χ3v) is 2.35. The van der Waals surface area contributed by atoms with Crippen LogP contribution in [0.3, 0.4) is 0 Å². The summed E-state index contributed by atoms with van der Waals surface area (Å²) in [6.45, 7) is 1.31. The quantitative estimate of drug-likeness (QED) is 0.781. The van der Waals surface area contributed by atoms with Gasteiger partial charge in [0, 0.05) is 25.1 Å². The van der Waals surface area contributed by atoms with Crippen LogP contribution in [0.1, 0.15) is 16.8 Å². The van der Waals surface area contributed by atoms with Crippen molar-refractivity contribution in [1.29, 1.82) is 0 Å². The number of aromatic carboxylic acids is 1. The number of aromatic nitrogens is 3. The van der Waals surface area contributed by atoms with E-state index in [0.29, 0.717) is 12.4 Å². The first-order valence-corrected chi connectivity index (χ1v) is 5.52. The van der Waals surface area contributed by atoms with Crippen molar-refractivity contribution in [1.82, 2.24) is 14.5 Å². The second-order valence-corrected chi connectivity index (χ2v) is 3.72. The Morgan fingerprint density at radius 3 is 3.00 bits per heavy atom. The van der Waals surface area contributed by atoms with E-state index in [9.17, 15) is 4.79 Å². The topological polar surface area (TPSA) is 77.2 Å². The average Bonchev–Trinajstić information content (AvgIpc) is 2.88. The standard InChI is InChI=1S/C12H13N3O3/c16-12(17)10-6-11(8-14-7-10)18-5-1-3-15-4-2-13-9-15/h2,4,6-9H,1,3,5H2,(H,16,17). The Hall–Kier alpha value is -2.37. The number of hydrogen-bond donors (Lipinski definition) is 1. The number of carboxylic acids is 1. The molecular weight excluding hydrogens is 234 g/mol. The SMILES string of the molecule is O=C(O)c1cncc(OCCCn2ccnc2)c1. The van der Waals surface area contributed by atoms with Crippen LogP contribution >= 0.6 is 0 Å². The normalized spacial score (nSPS) is 10.2. The van der Waals surface area contributed by atoms with E-state index < -0.39 is 5.97 Å². The average molecular weight is 247 g/mol. The van der Waals surface area contributed by atoms with E-state index >= 15 is 0 Å². The molecule has 0 bridgehead atoms. The van der Waals surface area contributed by atoms with Crippen LogP contribution in [-0.4, -0.2) is 32.2 Å². The molecule has 0 spiro atoms. The fraction of sp³-hybridized carbons (Fsp3) is 0.250. The van der Waals surface area contributed by atoms with E-state index in [0.717, 1.165) is 13.0 Å². The molecule has 18 heavy (non-hydrogen) atoms. The first-order valence-electron chi connectivity index (χ1n) is 5.52. The molecule has 6 heteroatoms. The van der Waals surface area contributed by atoms with Gasteiger partial charge in [-0.25, -0.2) is 9.78 Å². The van der Waals surface area contributed by atoms with Crippen LogP contribution in [0, 0.1) is 0 Å². The van der Waals surface area contributed by atoms with Crippen LogP contribution in [-0.2, 0) is 6.54 Å². The molecule has 0 fully saturated rings. The molecule has 2 aromatic heterocycles. The van der Waals surface area contributed by atoms with Gasteiger partial charge >= 0.3 is 5.97 Å². The second-order valence-electron chi connectivity index (χ2n) is 3.72. The predicted octanol–water partition coefficient (Wildman–Crippen LogP) is 1.45. The zero-order valence-electron chi connectivity index (χ0n) is 9.69. The third kappa shape index (κ3) is 3.31. The summed E-state index contributed by atoms with van der Waals surface area (Å²) < 4.78 is 7.39. The summed E-state index contributed by atoms with van der Waals surface area (Å²) in [7, 11) is 0. The first-order chi connectivity index (χ1) is 8.75. The molecular formula is C12H13N3O3. The molecule has 0 atom stereocenters. The lowest BCUT2D eigenvalue weighted by atomic mass is 10.3. The molecule has 6 nitrogen and oxygen atoms in total. The zero-order valence-corrected chi connectivity index (χ0v) is 9.69. The van der Waals surface area contributed by atoms with Crippen LogP contribution in [0.2, 0.25) is 0 Å². The van der Waals surface area contributed by atoms with Crippen molar-refractivity contribution in [2.45, 2.75) is 13.0 Å². The highest BCUT2D eigenvalue weighted by atomic mass is 16.5. The Morgan fingerprint density at radius 2 is 2.28 bits per heavy atom. The van der Waals surface area contributed by atoms with Crippen molar-refractivity contribution < 1.29 is 14.6 Å². The molecule has 0 aromatic carbocycles. The van der Waals surface area contributed by atoms with Crippen LogP contribution in [0.15, 0.2) is 37.2 Å². The maximum atomic E-state index is 10.7. The highest BCUT2D eigenvalue weighted by molar-refractivity contribution is 5.87. The summed E-state index contributed by atoms with van der Waals surface area (Å²) in [4.78, 5) is 18.5. The number of aryl methyl sites for hydroxylation is 1. The lowest BCUT2D eigenvalue weighted by Gasteiger charge is -2.06. The summed E-state index contributed by atoms with van der Waals surface area (Å²) in [5, 5.41) is 8.80.